The number of anilines is 2. The lowest BCUT2D eigenvalue weighted by atomic mass is 9.93. The van der Waals surface area contributed by atoms with Crippen molar-refractivity contribution in [2.75, 3.05) is 31.1 Å². The van der Waals surface area contributed by atoms with E-state index in [2.05, 4.69) is 94.4 Å². The predicted molar refractivity (Wildman–Crippen MR) is 194 cm³/mol. The smallest absolute Gasteiger partial charge is 0.306 e. The number of sulfonamides is 1. The summed E-state index contributed by atoms with van der Waals surface area (Å²) in [6.07, 6.45) is 2.50. The maximum atomic E-state index is 14.4. The first-order chi connectivity index (χ1) is 24.4. The lowest BCUT2D eigenvalue weighted by Crippen LogP contribution is -3.00. The molecule has 0 unspecified atom stereocenters. The number of carboxylic acids is 1. The standard InChI is InChI=1S/C41H35N3O5S.ClH/c45-41(46)29-17-21-42(22-18-29)50(47,48)39-12-6-3-9-34(39)40-32-15-13-30(43-23-19-27-7-1-4-10-35(27)43)25-37(32)49-38-26-31(14-16-33(38)40)44-24-20-28-8-2-5-11-36(28)44;/h1-16,25-26,29H,17-24H2;1H. The van der Waals surface area contributed by atoms with Crippen LogP contribution in [0, 0.1) is 5.92 Å². The second kappa shape index (κ2) is 13.0. The summed E-state index contributed by atoms with van der Waals surface area (Å²) in [5.74, 6) is -0.737. The zero-order chi connectivity index (χ0) is 34.0. The van der Waals surface area contributed by atoms with Crippen LogP contribution in [0.2, 0.25) is 0 Å². The Balaban J connectivity index is 0.00000374. The van der Waals surface area contributed by atoms with Crippen LogP contribution in [-0.2, 0) is 27.7 Å². The molecule has 0 bridgehead atoms. The molecule has 9 rings (SSSR count). The molecule has 1 aliphatic carbocycles. The number of hydrogen-bond donors (Lipinski definition) is 1. The number of fused-ring (bicyclic) bond motifs is 4. The number of carbonyl (C=O) groups is 1. The Kier molecular flexibility index (Phi) is 8.45. The monoisotopic (exact) mass is 717 g/mol. The molecule has 51 heavy (non-hydrogen) atoms. The third kappa shape index (κ3) is 5.60. The highest BCUT2D eigenvalue weighted by molar-refractivity contribution is 7.89. The normalized spacial score (nSPS) is 17.4. The molecule has 0 atom stereocenters. The fourth-order valence-corrected chi connectivity index (χ4v) is 9.75. The van der Waals surface area contributed by atoms with Crippen LogP contribution < -0.4 is 27.2 Å². The van der Waals surface area contributed by atoms with E-state index in [0.717, 1.165) is 53.5 Å². The van der Waals surface area contributed by atoms with Gasteiger partial charge >= 0.3 is 5.97 Å². The molecule has 4 aliphatic heterocycles. The first-order valence-electron chi connectivity index (χ1n) is 17.2. The third-order valence-corrected chi connectivity index (χ3v) is 12.6. The molecule has 1 fully saturated rings. The molecule has 1 saturated heterocycles. The van der Waals surface area contributed by atoms with Gasteiger partial charge in [0.15, 0.2) is 6.54 Å². The van der Waals surface area contributed by atoms with E-state index in [1.165, 1.54) is 26.8 Å². The number of rotatable bonds is 5. The molecule has 0 amide bonds. The summed E-state index contributed by atoms with van der Waals surface area (Å²) in [7, 11) is -3.94. The summed E-state index contributed by atoms with van der Waals surface area (Å²) < 4.78 is 39.3. The zero-order valence-corrected chi connectivity index (χ0v) is 29.4. The van der Waals surface area contributed by atoms with Gasteiger partial charge in [0.05, 0.1) is 16.9 Å². The number of piperidine rings is 1. The molecular formula is C41H36ClN3O5S. The fourth-order valence-electron chi connectivity index (χ4n) is 8.09. The van der Waals surface area contributed by atoms with E-state index in [1.807, 2.05) is 12.1 Å². The third-order valence-electron chi connectivity index (χ3n) is 10.7. The molecule has 0 spiro atoms. The van der Waals surface area contributed by atoms with Gasteiger partial charge in [-0.2, -0.15) is 8.88 Å². The highest BCUT2D eigenvalue weighted by Crippen LogP contribution is 2.45. The zero-order valence-electron chi connectivity index (χ0n) is 27.8. The number of hydrogen-bond acceptors (Lipinski definition) is 5. The van der Waals surface area contributed by atoms with E-state index >= 15 is 0 Å². The van der Waals surface area contributed by atoms with Gasteiger partial charge in [-0.05, 0) is 55.2 Å². The van der Waals surface area contributed by atoms with Gasteiger partial charge in [-0.1, -0.05) is 54.6 Å². The molecule has 8 nitrogen and oxygen atoms in total. The van der Waals surface area contributed by atoms with Crippen LogP contribution in [-0.4, -0.2) is 50.0 Å². The summed E-state index contributed by atoms with van der Waals surface area (Å²) in [6, 6.07) is 36.5. The molecule has 4 heterocycles. The van der Waals surface area contributed by atoms with E-state index in [1.54, 1.807) is 12.1 Å². The Hall–Kier alpha value is -4.96. The minimum Gasteiger partial charge on any atom is -1.00 e. The van der Waals surface area contributed by atoms with Gasteiger partial charge in [0.1, 0.15) is 11.3 Å². The van der Waals surface area contributed by atoms with E-state index < -0.39 is 21.9 Å². The molecule has 0 aromatic heterocycles. The van der Waals surface area contributed by atoms with Crippen LogP contribution in [0.5, 0.6) is 0 Å². The highest BCUT2D eigenvalue weighted by Gasteiger charge is 2.35. The Morgan fingerprint density at radius 3 is 2.35 bits per heavy atom. The molecule has 5 aliphatic rings. The summed E-state index contributed by atoms with van der Waals surface area (Å²) in [5.41, 5.74) is 8.89. The Morgan fingerprint density at radius 1 is 0.784 bits per heavy atom. The van der Waals surface area contributed by atoms with Crippen LogP contribution in [0.15, 0.2) is 119 Å². The summed E-state index contributed by atoms with van der Waals surface area (Å²) in [6.45, 7) is 2.06. The van der Waals surface area contributed by atoms with Crippen LogP contribution in [0.3, 0.4) is 0 Å². The van der Waals surface area contributed by atoms with Gasteiger partial charge in [-0.15, -0.1) is 0 Å². The van der Waals surface area contributed by atoms with Gasteiger partial charge in [-0.25, -0.2) is 8.42 Å². The Morgan fingerprint density at radius 2 is 1.53 bits per heavy atom. The van der Waals surface area contributed by atoms with E-state index in [0.29, 0.717) is 16.9 Å². The second-order valence-electron chi connectivity index (χ2n) is 13.4. The van der Waals surface area contributed by atoms with Crippen LogP contribution in [0.4, 0.5) is 17.1 Å². The number of para-hydroxylation sites is 2. The van der Waals surface area contributed by atoms with Gasteiger partial charge in [0.25, 0.3) is 0 Å². The first kappa shape index (κ1) is 33.2. The number of carboxylic acid groups (broad SMARTS) is 1. The molecule has 4 aromatic carbocycles. The summed E-state index contributed by atoms with van der Waals surface area (Å²) >= 11 is 0. The van der Waals surface area contributed by atoms with Gasteiger partial charge in [0.2, 0.25) is 21.1 Å². The highest BCUT2D eigenvalue weighted by atomic mass is 35.5. The van der Waals surface area contributed by atoms with Crippen molar-refractivity contribution < 1.29 is 35.1 Å². The predicted octanol–water partition coefficient (Wildman–Crippen LogP) is 4.05. The van der Waals surface area contributed by atoms with E-state index in [4.69, 9.17) is 4.42 Å². The van der Waals surface area contributed by atoms with Crippen molar-refractivity contribution in [2.45, 2.75) is 30.6 Å². The number of nitrogens with zero attached hydrogens (tertiary/aromatic N) is 3. The van der Waals surface area contributed by atoms with Gasteiger partial charge in [-0.3, -0.25) is 4.79 Å². The number of benzene rings is 5. The van der Waals surface area contributed by atoms with Crippen molar-refractivity contribution in [1.29, 1.82) is 0 Å². The van der Waals surface area contributed by atoms with Gasteiger partial charge < -0.3 is 26.8 Å². The minimum atomic E-state index is -3.94. The fraction of sp³-hybridized carbons (Fsp3) is 0.220. The number of aliphatic carboxylic acids is 1. The minimum absolute atomic E-state index is 0. The van der Waals surface area contributed by atoms with Crippen LogP contribution in [0.1, 0.15) is 24.0 Å². The molecule has 10 heteroatoms. The topological polar surface area (TPSA) is 94.1 Å². The van der Waals surface area contributed by atoms with Crippen LogP contribution >= 0.6 is 0 Å². The second-order valence-corrected chi connectivity index (χ2v) is 15.3. The lowest BCUT2D eigenvalue weighted by Gasteiger charge is -2.30. The largest absolute Gasteiger partial charge is 1.00 e. The van der Waals surface area contributed by atoms with Crippen LogP contribution in [0.25, 0.3) is 33.4 Å². The lowest BCUT2D eigenvalue weighted by molar-refractivity contribution is -0.142. The van der Waals surface area contributed by atoms with Crippen molar-refractivity contribution in [3.8, 4) is 22.5 Å². The van der Waals surface area contributed by atoms with Crippen molar-refractivity contribution in [3.63, 3.8) is 0 Å². The average Bonchev–Trinajstić information content (AvgIpc) is 3.78. The van der Waals surface area contributed by atoms with Gasteiger partial charge in [0, 0.05) is 83.3 Å². The van der Waals surface area contributed by atoms with Crippen molar-refractivity contribution in [1.82, 2.24) is 8.88 Å². The number of halogens is 1. The SMILES string of the molecule is O=C(O)C1CCN(S(=O)(=O)c2ccccc2-c2c3ccc(=[N+]4CCc5ccccc54)cc-3oc3cc(N4CCc5ccccc54)ccc23)CC1.[Cl-]. The molecular weight excluding hydrogens is 682 g/mol. The van der Waals surface area contributed by atoms with Crippen molar-refractivity contribution in [2.24, 2.45) is 5.92 Å². The first-order valence-corrected chi connectivity index (χ1v) is 18.7. The quantitative estimate of drug-likeness (QED) is 0.214. The Labute approximate surface area is 302 Å². The molecule has 1 N–H and O–H groups in total. The average molecular weight is 718 g/mol. The summed E-state index contributed by atoms with van der Waals surface area (Å²) in [5, 5.41) is 11.4. The van der Waals surface area contributed by atoms with E-state index in [9.17, 15) is 18.3 Å². The molecule has 0 radical (unpaired) electrons. The van der Waals surface area contributed by atoms with E-state index in [-0.39, 0.29) is 43.2 Å². The van der Waals surface area contributed by atoms with Crippen molar-refractivity contribution >= 4 is 44.0 Å². The molecule has 258 valence electrons. The molecule has 4 aromatic rings. The molecule has 0 saturated carbocycles. The summed E-state index contributed by atoms with van der Waals surface area (Å²) in [4.78, 5) is 14.1. The Bertz CT molecular complexity index is 2490. The maximum absolute atomic E-state index is 14.4. The maximum Gasteiger partial charge on any atom is 0.306 e. The van der Waals surface area contributed by atoms with Crippen molar-refractivity contribution in [3.05, 3.63) is 126 Å².